The maximum absolute atomic E-state index is 13.0. The summed E-state index contributed by atoms with van der Waals surface area (Å²) in [4.78, 5) is 20.5. The van der Waals surface area contributed by atoms with Gasteiger partial charge in [-0.25, -0.2) is 9.78 Å². The quantitative estimate of drug-likeness (QED) is 0.471. The van der Waals surface area contributed by atoms with Gasteiger partial charge in [-0.2, -0.15) is 0 Å². The molecule has 2 amide bonds. The van der Waals surface area contributed by atoms with Crippen molar-refractivity contribution in [3.63, 3.8) is 0 Å². The molecule has 4 N–H and O–H groups in total. The zero-order chi connectivity index (χ0) is 20.0. The van der Waals surface area contributed by atoms with Crippen LogP contribution >= 0.6 is 22.9 Å². The van der Waals surface area contributed by atoms with Crippen LogP contribution in [0.5, 0.6) is 0 Å². The molecule has 2 aliphatic rings. The molecule has 7 nitrogen and oxygen atoms in total. The number of aliphatic hydroxyl groups excluding tert-OH is 1. The summed E-state index contributed by atoms with van der Waals surface area (Å²) in [5.41, 5.74) is 2.03. The molecule has 0 saturated carbocycles. The van der Waals surface area contributed by atoms with Crippen LogP contribution in [0.3, 0.4) is 0 Å². The summed E-state index contributed by atoms with van der Waals surface area (Å²) >= 11 is 7.53. The Hall–Kier alpha value is -2.23. The summed E-state index contributed by atoms with van der Waals surface area (Å²) in [6.07, 6.45) is 2.88. The molecule has 1 saturated heterocycles. The molecule has 0 bridgehead atoms. The Kier molecular flexibility index (Phi) is 4.89. The molecule has 0 spiro atoms. The molecule has 29 heavy (non-hydrogen) atoms. The molecule has 2 aromatic heterocycles. The van der Waals surface area contributed by atoms with Gasteiger partial charge in [-0.1, -0.05) is 17.7 Å². The Bertz CT molecular complexity index is 1080. The number of carbonyl (C=O) groups excluding carboxylic acids is 1. The highest BCUT2D eigenvalue weighted by atomic mass is 35.5. The number of benzene rings is 1. The summed E-state index contributed by atoms with van der Waals surface area (Å²) in [7, 11) is 0. The molecule has 4 heterocycles. The maximum atomic E-state index is 13.0. The van der Waals surface area contributed by atoms with Gasteiger partial charge < -0.3 is 15.7 Å². The minimum atomic E-state index is -0.875. The number of piperidine rings is 1. The van der Waals surface area contributed by atoms with E-state index >= 15 is 0 Å². The van der Waals surface area contributed by atoms with E-state index in [1.165, 1.54) is 11.3 Å². The zero-order valence-corrected chi connectivity index (χ0v) is 17.1. The largest absolute Gasteiger partial charge is 0.373 e. The lowest BCUT2D eigenvalue weighted by Crippen LogP contribution is -2.44. The van der Waals surface area contributed by atoms with Crippen LogP contribution in [-0.4, -0.2) is 35.3 Å². The lowest BCUT2D eigenvalue weighted by molar-refractivity contribution is 0.120. The number of amides is 2. The summed E-state index contributed by atoms with van der Waals surface area (Å²) in [5, 5.41) is 21.8. The normalized spacial score (nSPS) is 20.0. The van der Waals surface area contributed by atoms with E-state index in [1.807, 2.05) is 18.2 Å². The van der Waals surface area contributed by atoms with Crippen molar-refractivity contribution in [3.8, 4) is 0 Å². The smallest absolute Gasteiger partial charge is 0.331 e. The first-order valence-corrected chi connectivity index (χ1v) is 10.7. The van der Waals surface area contributed by atoms with E-state index in [-0.39, 0.29) is 12.1 Å². The highest BCUT2D eigenvalue weighted by Gasteiger charge is 2.33. The number of halogens is 1. The van der Waals surface area contributed by atoms with Gasteiger partial charge in [0, 0.05) is 23.8 Å². The average molecular weight is 430 g/mol. The minimum absolute atomic E-state index is 0.186. The van der Waals surface area contributed by atoms with Crippen LogP contribution in [0.25, 0.3) is 10.2 Å². The zero-order valence-electron chi connectivity index (χ0n) is 15.5. The van der Waals surface area contributed by atoms with Crippen molar-refractivity contribution in [2.45, 2.75) is 25.1 Å². The number of urea groups is 1. The van der Waals surface area contributed by atoms with E-state index in [9.17, 15) is 9.90 Å². The van der Waals surface area contributed by atoms with Crippen molar-refractivity contribution in [1.29, 1.82) is 0 Å². The fourth-order valence-electron chi connectivity index (χ4n) is 3.96. The number of anilines is 3. The first-order chi connectivity index (χ1) is 14.1. The van der Waals surface area contributed by atoms with E-state index < -0.39 is 6.23 Å². The van der Waals surface area contributed by atoms with Crippen molar-refractivity contribution in [3.05, 3.63) is 46.4 Å². The summed E-state index contributed by atoms with van der Waals surface area (Å²) in [6, 6.07) is 8.87. The molecule has 5 rings (SSSR count). The Morgan fingerprint density at radius 2 is 2.28 bits per heavy atom. The van der Waals surface area contributed by atoms with Gasteiger partial charge in [-0.15, -0.1) is 11.3 Å². The second-order valence-corrected chi connectivity index (χ2v) is 8.68. The number of hydrogen-bond donors (Lipinski definition) is 4. The molecular formula is C20H20ClN5O2S. The second kappa shape index (κ2) is 7.55. The average Bonchev–Trinajstić information content (AvgIpc) is 3.09. The van der Waals surface area contributed by atoms with Crippen LogP contribution < -0.4 is 20.9 Å². The molecule has 3 aromatic rings. The van der Waals surface area contributed by atoms with Crippen LogP contribution in [0.4, 0.5) is 21.9 Å². The first-order valence-electron chi connectivity index (χ1n) is 9.55. The summed E-state index contributed by atoms with van der Waals surface area (Å²) in [5.74, 6) is 0. The second-order valence-electron chi connectivity index (χ2n) is 7.21. The molecule has 0 aliphatic carbocycles. The Morgan fingerprint density at radius 3 is 3.07 bits per heavy atom. The predicted molar refractivity (Wildman–Crippen MR) is 116 cm³/mol. The van der Waals surface area contributed by atoms with E-state index in [2.05, 4.69) is 20.9 Å². The Balaban J connectivity index is 1.56. The number of rotatable bonds is 4. The number of thiophene rings is 1. The monoisotopic (exact) mass is 429 g/mol. The fourth-order valence-corrected chi connectivity index (χ4v) is 5.21. The third-order valence-electron chi connectivity index (χ3n) is 5.28. The van der Waals surface area contributed by atoms with Crippen molar-refractivity contribution in [2.24, 2.45) is 0 Å². The molecule has 150 valence electrons. The van der Waals surface area contributed by atoms with Crippen molar-refractivity contribution < 1.29 is 9.90 Å². The SMILES string of the molecule is O=C1Nc2c(C(O)N[C@@H]3CCCNC3)sc3nccc(c23)N1c1cccc(Cl)c1. The number of aromatic nitrogens is 1. The van der Waals surface area contributed by atoms with Gasteiger partial charge in [0.05, 0.1) is 27.3 Å². The van der Waals surface area contributed by atoms with Gasteiger partial charge in [0.1, 0.15) is 11.1 Å². The molecule has 2 aliphatic heterocycles. The highest BCUT2D eigenvalue weighted by molar-refractivity contribution is 7.19. The molecule has 0 radical (unpaired) electrons. The summed E-state index contributed by atoms with van der Waals surface area (Å²) in [6.45, 7) is 1.82. The van der Waals surface area contributed by atoms with Gasteiger partial charge in [-0.3, -0.25) is 10.2 Å². The molecule has 1 unspecified atom stereocenters. The predicted octanol–water partition coefficient (Wildman–Crippen LogP) is 3.97. The first kappa shape index (κ1) is 18.8. The van der Waals surface area contributed by atoms with Crippen LogP contribution in [0.15, 0.2) is 36.5 Å². The molecular weight excluding hydrogens is 410 g/mol. The maximum Gasteiger partial charge on any atom is 0.331 e. The third kappa shape index (κ3) is 3.37. The van der Waals surface area contributed by atoms with Gasteiger partial charge >= 0.3 is 6.03 Å². The molecule has 9 heteroatoms. The van der Waals surface area contributed by atoms with Crippen molar-refractivity contribution in [1.82, 2.24) is 15.6 Å². The van der Waals surface area contributed by atoms with Crippen LogP contribution in [0.1, 0.15) is 23.9 Å². The number of nitrogens with zero attached hydrogens (tertiary/aromatic N) is 2. The lowest BCUT2D eigenvalue weighted by Gasteiger charge is -2.30. The van der Waals surface area contributed by atoms with E-state index in [4.69, 9.17) is 11.6 Å². The van der Waals surface area contributed by atoms with Gasteiger partial charge in [-0.05, 0) is 43.7 Å². The van der Waals surface area contributed by atoms with E-state index in [0.29, 0.717) is 21.3 Å². The molecule has 2 atom stereocenters. The van der Waals surface area contributed by atoms with Gasteiger partial charge in [0.2, 0.25) is 0 Å². The Morgan fingerprint density at radius 1 is 1.38 bits per heavy atom. The Labute approximate surface area is 176 Å². The number of nitrogens with one attached hydrogen (secondary N) is 3. The fraction of sp³-hybridized carbons (Fsp3) is 0.300. The number of pyridine rings is 1. The standard InChI is InChI=1S/C20H20ClN5O2S/c21-11-3-1-5-13(9-11)26-14-6-8-23-19-15(14)16(25-20(26)28)17(29-19)18(27)24-12-4-2-7-22-10-12/h1,3,5-6,8-9,12,18,22,24,27H,2,4,7,10H2,(H,25,28)/t12-,18?/m1/s1. The van der Waals surface area contributed by atoms with E-state index in [0.717, 1.165) is 41.8 Å². The topological polar surface area (TPSA) is 89.5 Å². The van der Waals surface area contributed by atoms with Crippen molar-refractivity contribution >= 4 is 56.2 Å². The van der Waals surface area contributed by atoms with Gasteiger partial charge in [0.25, 0.3) is 0 Å². The van der Waals surface area contributed by atoms with Crippen LogP contribution in [0, 0.1) is 0 Å². The lowest BCUT2D eigenvalue weighted by atomic mass is 10.1. The molecule has 1 aromatic carbocycles. The van der Waals surface area contributed by atoms with Gasteiger partial charge in [0.15, 0.2) is 0 Å². The third-order valence-corrected chi connectivity index (χ3v) is 6.66. The number of carbonyl (C=O) groups is 1. The minimum Gasteiger partial charge on any atom is -0.373 e. The summed E-state index contributed by atoms with van der Waals surface area (Å²) < 4.78 is 0. The highest BCUT2D eigenvalue weighted by Crippen LogP contribution is 2.47. The van der Waals surface area contributed by atoms with Crippen LogP contribution in [-0.2, 0) is 0 Å². The number of aliphatic hydroxyl groups is 1. The molecule has 1 fully saturated rings. The van der Waals surface area contributed by atoms with Crippen LogP contribution in [0.2, 0.25) is 5.02 Å². The van der Waals surface area contributed by atoms with Crippen molar-refractivity contribution in [2.75, 3.05) is 23.3 Å². The number of hydrogen-bond acceptors (Lipinski definition) is 6. The van der Waals surface area contributed by atoms with E-state index in [1.54, 1.807) is 23.2 Å².